The van der Waals surface area contributed by atoms with Crippen molar-refractivity contribution in [3.63, 3.8) is 0 Å². The number of nitrogens with zero attached hydrogens (tertiary/aromatic N) is 2. The first-order valence-corrected chi connectivity index (χ1v) is 8.12. The number of carbonyl (C=O) groups excluding carboxylic acids is 1. The van der Waals surface area contributed by atoms with Crippen molar-refractivity contribution < 1.29 is 13.9 Å². The predicted molar refractivity (Wildman–Crippen MR) is 99.3 cm³/mol. The third kappa shape index (κ3) is 5.13. The van der Waals surface area contributed by atoms with E-state index in [2.05, 4.69) is 20.9 Å². The van der Waals surface area contributed by atoms with Gasteiger partial charge in [0.05, 0.1) is 12.2 Å². The van der Waals surface area contributed by atoms with Crippen LogP contribution in [0.3, 0.4) is 0 Å². The number of ether oxygens (including phenoxy) is 1. The van der Waals surface area contributed by atoms with Gasteiger partial charge in [0, 0.05) is 12.7 Å². The molecule has 0 radical (unpaired) electrons. The molecule has 2 aromatic rings. The number of hydrogen-bond acceptors (Lipinski definition) is 4. The molecular formula is C16H19BrCl2N2O3. The number of carbonyl (C=O) groups is 1. The molecule has 0 aliphatic carbocycles. The van der Waals surface area contributed by atoms with Crippen LogP contribution in [0.25, 0.3) is 0 Å². The van der Waals surface area contributed by atoms with E-state index in [0.717, 1.165) is 31.6 Å². The largest absolute Gasteiger partial charge is 0.490 e. The Labute approximate surface area is 161 Å². The van der Waals surface area contributed by atoms with E-state index in [1.165, 1.54) is 0 Å². The second kappa shape index (κ2) is 9.91. The molecule has 132 valence electrons. The molecule has 1 amide bonds. The fraction of sp³-hybridized carbons (Fsp3) is 0.375. The lowest BCUT2D eigenvalue weighted by Gasteiger charge is -2.34. The first-order chi connectivity index (χ1) is 10.7. The fourth-order valence-corrected chi connectivity index (χ4v) is 2.94. The summed E-state index contributed by atoms with van der Waals surface area (Å²) in [7, 11) is 0. The number of piperidine rings is 1. The molecule has 24 heavy (non-hydrogen) atoms. The third-order valence-electron chi connectivity index (χ3n) is 3.75. The number of rotatable bonds is 4. The number of amides is 1. The Morgan fingerprint density at radius 1 is 1.33 bits per heavy atom. The highest BCUT2D eigenvalue weighted by atomic mass is 79.9. The van der Waals surface area contributed by atoms with Crippen LogP contribution in [-0.4, -0.2) is 35.0 Å². The third-order valence-corrected chi connectivity index (χ3v) is 4.17. The van der Waals surface area contributed by atoms with Gasteiger partial charge in [-0.3, -0.25) is 9.78 Å². The lowest BCUT2D eigenvalue weighted by molar-refractivity contribution is 0.0496. The summed E-state index contributed by atoms with van der Waals surface area (Å²) >= 11 is 3.23. The topological polar surface area (TPSA) is 55.6 Å². The normalized spacial score (nSPS) is 16.7. The summed E-state index contributed by atoms with van der Waals surface area (Å²) in [5, 5.41) is 0. The van der Waals surface area contributed by atoms with E-state index in [9.17, 15) is 4.79 Å². The number of furan rings is 1. The molecule has 8 heteroatoms. The summed E-state index contributed by atoms with van der Waals surface area (Å²) in [5.74, 6) is 1.01. The number of hydrogen-bond donors (Lipinski definition) is 0. The fourth-order valence-electron chi connectivity index (χ4n) is 2.64. The maximum absolute atomic E-state index is 12.6. The van der Waals surface area contributed by atoms with Gasteiger partial charge in [0.2, 0.25) is 0 Å². The highest BCUT2D eigenvalue weighted by Gasteiger charge is 2.29. The van der Waals surface area contributed by atoms with Crippen LogP contribution in [0.1, 0.15) is 29.8 Å². The van der Waals surface area contributed by atoms with Crippen molar-refractivity contribution in [2.75, 3.05) is 13.2 Å². The molecule has 5 nitrogen and oxygen atoms in total. The molecule has 3 heterocycles. The molecule has 0 aromatic carbocycles. The van der Waals surface area contributed by atoms with Gasteiger partial charge in [-0.25, -0.2) is 0 Å². The molecule has 3 rings (SSSR count). The molecule has 1 fully saturated rings. The van der Waals surface area contributed by atoms with Crippen LogP contribution in [0, 0.1) is 0 Å². The van der Waals surface area contributed by atoms with Crippen LogP contribution in [0.5, 0.6) is 5.75 Å². The quantitative estimate of drug-likeness (QED) is 0.713. The summed E-state index contributed by atoms with van der Waals surface area (Å²) < 4.78 is 11.7. The van der Waals surface area contributed by atoms with Crippen molar-refractivity contribution in [1.82, 2.24) is 9.88 Å². The number of likely N-dealkylation sites (tertiary alicyclic amines) is 1. The zero-order chi connectivity index (χ0) is 15.4. The Kier molecular flexibility index (Phi) is 8.59. The Morgan fingerprint density at radius 3 is 2.83 bits per heavy atom. The molecule has 1 aliphatic heterocycles. The zero-order valence-corrected chi connectivity index (χ0v) is 16.1. The van der Waals surface area contributed by atoms with Crippen molar-refractivity contribution in [2.45, 2.75) is 25.3 Å². The SMILES string of the molecule is Cl.Cl.O=C(c1ccc(Br)o1)N1CCCCC1COc1cccnc1. The lowest BCUT2D eigenvalue weighted by atomic mass is 10.0. The molecule has 0 spiro atoms. The molecule has 0 N–H and O–H groups in total. The second-order valence-corrected chi connectivity index (χ2v) is 6.03. The average molecular weight is 438 g/mol. The van der Waals surface area contributed by atoms with E-state index in [0.29, 0.717) is 17.0 Å². The summed E-state index contributed by atoms with van der Waals surface area (Å²) in [6.07, 6.45) is 6.44. The molecule has 1 saturated heterocycles. The first-order valence-electron chi connectivity index (χ1n) is 7.33. The van der Waals surface area contributed by atoms with E-state index >= 15 is 0 Å². The van der Waals surface area contributed by atoms with Crippen LogP contribution >= 0.6 is 40.7 Å². The van der Waals surface area contributed by atoms with E-state index < -0.39 is 0 Å². The molecule has 1 aliphatic rings. The molecular weight excluding hydrogens is 419 g/mol. The number of pyridine rings is 1. The zero-order valence-electron chi connectivity index (χ0n) is 12.9. The maximum atomic E-state index is 12.6. The van der Waals surface area contributed by atoms with Crippen LogP contribution in [-0.2, 0) is 0 Å². The van der Waals surface area contributed by atoms with Gasteiger partial charge in [-0.05, 0) is 59.5 Å². The van der Waals surface area contributed by atoms with Gasteiger partial charge < -0.3 is 14.1 Å². The minimum Gasteiger partial charge on any atom is -0.490 e. The number of aromatic nitrogens is 1. The molecule has 0 bridgehead atoms. The van der Waals surface area contributed by atoms with E-state index in [1.807, 2.05) is 17.0 Å². The van der Waals surface area contributed by atoms with Crippen molar-refractivity contribution in [3.05, 3.63) is 47.1 Å². The van der Waals surface area contributed by atoms with Gasteiger partial charge in [-0.15, -0.1) is 24.8 Å². The average Bonchev–Trinajstić information content (AvgIpc) is 3.00. The summed E-state index contributed by atoms with van der Waals surface area (Å²) in [6, 6.07) is 7.19. The van der Waals surface area contributed by atoms with Gasteiger partial charge in [0.1, 0.15) is 12.4 Å². The van der Waals surface area contributed by atoms with Crippen LogP contribution in [0.2, 0.25) is 0 Å². The van der Waals surface area contributed by atoms with Gasteiger partial charge in [-0.1, -0.05) is 0 Å². The van der Waals surface area contributed by atoms with E-state index in [1.54, 1.807) is 24.5 Å². The molecule has 1 unspecified atom stereocenters. The highest BCUT2D eigenvalue weighted by molar-refractivity contribution is 9.10. The van der Waals surface area contributed by atoms with Gasteiger partial charge in [0.25, 0.3) is 5.91 Å². The standard InChI is InChI=1S/C16H17BrN2O3.2ClH/c17-15-7-6-14(22-15)16(20)19-9-2-1-4-12(19)11-21-13-5-3-8-18-10-13;;/h3,5-8,10,12H,1-2,4,9,11H2;2*1H. The van der Waals surface area contributed by atoms with Crippen molar-refractivity contribution in [3.8, 4) is 5.75 Å². The first kappa shape index (κ1) is 20.8. The van der Waals surface area contributed by atoms with Gasteiger partial charge in [-0.2, -0.15) is 0 Å². The van der Waals surface area contributed by atoms with Gasteiger partial charge in [0.15, 0.2) is 10.4 Å². The second-order valence-electron chi connectivity index (χ2n) is 5.25. The Hall–Kier alpha value is -1.24. The Balaban J connectivity index is 0.00000144. The smallest absolute Gasteiger partial charge is 0.289 e. The molecule has 1 atom stereocenters. The van der Waals surface area contributed by atoms with Crippen molar-refractivity contribution >= 4 is 46.7 Å². The van der Waals surface area contributed by atoms with Crippen LogP contribution < -0.4 is 4.74 Å². The van der Waals surface area contributed by atoms with Crippen LogP contribution in [0.15, 0.2) is 45.7 Å². The summed E-state index contributed by atoms with van der Waals surface area (Å²) in [4.78, 5) is 18.5. The minimum atomic E-state index is -0.0785. The predicted octanol–water partition coefficient (Wildman–Crippen LogP) is 4.35. The Morgan fingerprint density at radius 2 is 2.17 bits per heavy atom. The van der Waals surface area contributed by atoms with Crippen LogP contribution in [0.4, 0.5) is 0 Å². The minimum absolute atomic E-state index is 0. The Bertz CT molecular complexity index is 639. The molecule has 2 aromatic heterocycles. The molecule has 0 saturated carbocycles. The van der Waals surface area contributed by atoms with Crippen molar-refractivity contribution in [1.29, 1.82) is 0 Å². The lowest BCUT2D eigenvalue weighted by Crippen LogP contribution is -2.46. The van der Waals surface area contributed by atoms with E-state index in [-0.39, 0.29) is 36.8 Å². The maximum Gasteiger partial charge on any atom is 0.289 e. The summed E-state index contributed by atoms with van der Waals surface area (Å²) in [5.41, 5.74) is 0. The highest BCUT2D eigenvalue weighted by Crippen LogP contribution is 2.23. The van der Waals surface area contributed by atoms with E-state index in [4.69, 9.17) is 9.15 Å². The number of halogens is 3. The summed E-state index contributed by atoms with van der Waals surface area (Å²) in [6.45, 7) is 1.21. The van der Waals surface area contributed by atoms with Gasteiger partial charge >= 0.3 is 0 Å². The monoisotopic (exact) mass is 436 g/mol. The van der Waals surface area contributed by atoms with Crippen molar-refractivity contribution in [2.24, 2.45) is 0 Å².